The van der Waals surface area contributed by atoms with Crippen molar-refractivity contribution in [2.24, 2.45) is 5.92 Å². The molecule has 0 aliphatic heterocycles. The molecule has 7 heteroatoms. The third kappa shape index (κ3) is 4.71. The first-order valence-corrected chi connectivity index (χ1v) is 9.98. The summed E-state index contributed by atoms with van der Waals surface area (Å²) < 4.78 is 5.59. The Morgan fingerprint density at radius 3 is 2.70 bits per heavy atom. The van der Waals surface area contributed by atoms with Crippen LogP contribution in [-0.2, 0) is 6.42 Å². The minimum absolute atomic E-state index is 0.0978. The SMILES string of the molecule is CC(C)Cc1[nH]nc2cc(O)c(C(=O)N(C)c3ccc(OCCCC#N)cc3)cc12. The average molecular weight is 406 g/mol. The Labute approximate surface area is 175 Å². The maximum absolute atomic E-state index is 13.1. The van der Waals surface area contributed by atoms with E-state index in [0.29, 0.717) is 42.3 Å². The number of carbonyl (C=O) groups is 1. The first kappa shape index (κ1) is 21.2. The fraction of sp³-hybridized carbons (Fsp3) is 0.348. The van der Waals surface area contributed by atoms with E-state index in [-0.39, 0.29) is 17.2 Å². The van der Waals surface area contributed by atoms with Crippen LogP contribution in [0, 0.1) is 17.2 Å². The number of amides is 1. The number of fused-ring (bicyclic) bond motifs is 1. The van der Waals surface area contributed by atoms with Gasteiger partial charge in [0.25, 0.3) is 5.91 Å². The number of aromatic amines is 1. The van der Waals surface area contributed by atoms with Crippen LogP contribution in [0.4, 0.5) is 5.69 Å². The summed E-state index contributed by atoms with van der Waals surface area (Å²) in [6.45, 7) is 4.70. The van der Waals surface area contributed by atoms with Crippen molar-refractivity contribution >= 4 is 22.5 Å². The minimum atomic E-state index is -0.311. The van der Waals surface area contributed by atoms with Crippen LogP contribution in [0.2, 0.25) is 0 Å². The van der Waals surface area contributed by atoms with Gasteiger partial charge in [0.2, 0.25) is 0 Å². The first-order chi connectivity index (χ1) is 14.4. The van der Waals surface area contributed by atoms with Crippen LogP contribution < -0.4 is 9.64 Å². The molecule has 3 rings (SSSR count). The summed E-state index contributed by atoms with van der Waals surface area (Å²) in [5, 5.41) is 27.1. The highest BCUT2D eigenvalue weighted by Gasteiger charge is 2.20. The van der Waals surface area contributed by atoms with E-state index in [1.807, 2.05) is 0 Å². The predicted octanol–water partition coefficient (Wildman–Crippen LogP) is 4.43. The van der Waals surface area contributed by atoms with Gasteiger partial charge in [-0.15, -0.1) is 0 Å². The van der Waals surface area contributed by atoms with Crippen molar-refractivity contribution in [2.75, 3.05) is 18.6 Å². The van der Waals surface area contributed by atoms with Crippen molar-refractivity contribution in [3.05, 3.63) is 47.7 Å². The molecular weight excluding hydrogens is 380 g/mol. The number of nitrogens with zero attached hydrogens (tertiary/aromatic N) is 3. The van der Waals surface area contributed by atoms with E-state index in [1.165, 1.54) is 11.0 Å². The molecule has 1 aromatic heterocycles. The molecule has 0 atom stereocenters. The van der Waals surface area contributed by atoms with Crippen molar-refractivity contribution in [1.29, 1.82) is 5.26 Å². The maximum atomic E-state index is 13.1. The zero-order valence-corrected chi connectivity index (χ0v) is 17.5. The lowest BCUT2D eigenvalue weighted by Crippen LogP contribution is -2.26. The summed E-state index contributed by atoms with van der Waals surface area (Å²) in [4.78, 5) is 14.6. The summed E-state index contributed by atoms with van der Waals surface area (Å²) >= 11 is 0. The van der Waals surface area contributed by atoms with Crippen molar-refractivity contribution in [1.82, 2.24) is 10.2 Å². The molecule has 0 saturated heterocycles. The fourth-order valence-electron chi connectivity index (χ4n) is 3.24. The van der Waals surface area contributed by atoms with Gasteiger partial charge in [-0.1, -0.05) is 13.8 Å². The number of H-pyrrole nitrogens is 1. The number of ether oxygens (including phenoxy) is 1. The van der Waals surface area contributed by atoms with Crippen LogP contribution in [-0.4, -0.2) is 34.9 Å². The molecule has 2 aromatic carbocycles. The Hall–Kier alpha value is -3.53. The molecule has 0 aliphatic rings. The number of aromatic hydroxyl groups is 1. The number of aromatic nitrogens is 2. The molecular formula is C23H26N4O3. The number of nitrogens with one attached hydrogen (secondary N) is 1. The smallest absolute Gasteiger partial charge is 0.261 e. The summed E-state index contributed by atoms with van der Waals surface area (Å²) in [5.41, 5.74) is 2.50. The lowest BCUT2D eigenvalue weighted by Gasteiger charge is -2.18. The molecule has 30 heavy (non-hydrogen) atoms. The zero-order valence-electron chi connectivity index (χ0n) is 17.5. The van der Waals surface area contributed by atoms with Gasteiger partial charge in [-0.2, -0.15) is 10.4 Å². The Morgan fingerprint density at radius 2 is 2.03 bits per heavy atom. The van der Waals surface area contributed by atoms with Gasteiger partial charge in [-0.25, -0.2) is 0 Å². The largest absolute Gasteiger partial charge is 0.507 e. The fourth-order valence-corrected chi connectivity index (χ4v) is 3.24. The number of phenolic OH excluding ortho intramolecular Hbond substituents is 1. The molecule has 1 heterocycles. The maximum Gasteiger partial charge on any atom is 0.261 e. The van der Waals surface area contributed by atoms with E-state index in [4.69, 9.17) is 10.00 Å². The number of hydrogen-bond acceptors (Lipinski definition) is 5. The standard InChI is InChI=1S/C23H26N4O3/c1-15(2)12-20-18-13-19(22(28)14-21(18)26-25-20)23(29)27(3)16-6-8-17(9-7-16)30-11-5-4-10-24/h6-9,13-15,28H,4-5,11-12H2,1-3H3,(H,25,26). The van der Waals surface area contributed by atoms with Gasteiger partial charge in [-0.05, 0) is 49.1 Å². The molecule has 0 aliphatic carbocycles. The molecule has 1 amide bonds. The number of nitriles is 1. The molecule has 0 unspecified atom stereocenters. The Kier molecular flexibility index (Phi) is 6.58. The molecule has 7 nitrogen and oxygen atoms in total. The van der Waals surface area contributed by atoms with Crippen LogP contribution in [0.25, 0.3) is 10.9 Å². The Bertz CT molecular complexity index is 1060. The number of unbranched alkanes of at least 4 members (excludes halogenated alkanes) is 1. The highest BCUT2D eigenvalue weighted by atomic mass is 16.5. The molecule has 156 valence electrons. The highest BCUT2D eigenvalue weighted by Crippen LogP contribution is 2.29. The van der Waals surface area contributed by atoms with Crippen molar-refractivity contribution in [2.45, 2.75) is 33.1 Å². The number of anilines is 1. The van der Waals surface area contributed by atoms with E-state index >= 15 is 0 Å². The highest BCUT2D eigenvalue weighted by molar-refractivity contribution is 6.09. The van der Waals surface area contributed by atoms with Gasteiger partial charge in [-0.3, -0.25) is 9.89 Å². The molecule has 0 fully saturated rings. The summed E-state index contributed by atoms with van der Waals surface area (Å²) in [5.74, 6) is 0.705. The molecule has 0 spiro atoms. The minimum Gasteiger partial charge on any atom is -0.507 e. The zero-order chi connectivity index (χ0) is 21.7. The second-order valence-electron chi connectivity index (χ2n) is 7.65. The molecule has 0 saturated carbocycles. The van der Waals surface area contributed by atoms with Gasteiger partial charge < -0.3 is 14.7 Å². The quantitative estimate of drug-likeness (QED) is 0.539. The number of hydrogen-bond donors (Lipinski definition) is 2. The van der Waals surface area contributed by atoms with E-state index in [0.717, 1.165) is 17.5 Å². The predicted molar refractivity (Wildman–Crippen MR) is 116 cm³/mol. The van der Waals surface area contributed by atoms with E-state index in [1.54, 1.807) is 37.4 Å². The van der Waals surface area contributed by atoms with E-state index in [2.05, 4.69) is 30.1 Å². The van der Waals surface area contributed by atoms with Gasteiger partial charge in [0.1, 0.15) is 11.5 Å². The van der Waals surface area contributed by atoms with Gasteiger partial charge in [0.15, 0.2) is 0 Å². The molecule has 0 radical (unpaired) electrons. The molecule has 0 bridgehead atoms. The van der Waals surface area contributed by atoms with Gasteiger partial charge >= 0.3 is 0 Å². The average Bonchev–Trinajstić information content (AvgIpc) is 3.10. The summed E-state index contributed by atoms with van der Waals surface area (Å²) in [6, 6.07) is 12.5. The van der Waals surface area contributed by atoms with Crippen molar-refractivity contribution in [3.8, 4) is 17.6 Å². The first-order valence-electron chi connectivity index (χ1n) is 9.98. The molecule has 3 aromatic rings. The Balaban J connectivity index is 1.79. The second kappa shape index (κ2) is 9.31. The van der Waals surface area contributed by atoms with Crippen LogP contribution in [0.15, 0.2) is 36.4 Å². The van der Waals surface area contributed by atoms with E-state index in [9.17, 15) is 9.90 Å². The monoisotopic (exact) mass is 406 g/mol. The van der Waals surface area contributed by atoms with Crippen LogP contribution in [0.5, 0.6) is 11.5 Å². The van der Waals surface area contributed by atoms with Crippen molar-refractivity contribution < 1.29 is 14.6 Å². The van der Waals surface area contributed by atoms with Crippen LogP contribution in [0.1, 0.15) is 42.7 Å². The van der Waals surface area contributed by atoms with Crippen molar-refractivity contribution in [3.63, 3.8) is 0 Å². The second-order valence-corrected chi connectivity index (χ2v) is 7.65. The number of benzene rings is 2. The molecule has 2 N–H and O–H groups in total. The van der Waals surface area contributed by atoms with Gasteiger partial charge in [0.05, 0.1) is 23.8 Å². The number of carbonyl (C=O) groups excluding carboxylic acids is 1. The topological polar surface area (TPSA) is 102 Å². The Morgan fingerprint density at radius 1 is 1.30 bits per heavy atom. The normalized spacial score (nSPS) is 10.9. The van der Waals surface area contributed by atoms with Crippen LogP contribution in [0.3, 0.4) is 0 Å². The lowest BCUT2D eigenvalue weighted by atomic mass is 10.0. The van der Waals surface area contributed by atoms with Crippen LogP contribution >= 0.6 is 0 Å². The summed E-state index contributed by atoms with van der Waals surface area (Å²) in [7, 11) is 1.67. The van der Waals surface area contributed by atoms with Gasteiger partial charge in [0, 0.05) is 36.3 Å². The third-order valence-electron chi connectivity index (χ3n) is 4.82. The number of rotatable bonds is 8. The number of phenols is 1. The lowest BCUT2D eigenvalue weighted by molar-refractivity contribution is 0.0990. The third-order valence-corrected chi connectivity index (χ3v) is 4.82. The van der Waals surface area contributed by atoms with E-state index < -0.39 is 0 Å². The summed E-state index contributed by atoms with van der Waals surface area (Å²) in [6.07, 6.45) is 1.94.